The molecule has 1 heterocycles. The highest BCUT2D eigenvalue weighted by atomic mass is 32.2. The number of para-hydroxylation sites is 1. The van der Waals surface area contributed by atoms with Gasteiger partial charge in [0.2, 0.25) is 5.91 Å². The van der Waals surface area contributed by atoms with Crippen molar-refractivity contribution in [3.8, 4) is 0 Å². The van der Waals surface area contributed by atoms with Gasteiger partial charge in [-0.25, -0.2) is 8.42 Å². The van der Waals surface area contributed by atoms with Gasteiger partial charge in [-0.1, -0.05) is 35.9 Å². The van der Waals surface area contributed by atoms with Crippen LogP contribution in [0.15, 0.2) is 59.5 Å². The van der Waals surface area contributed by atoms with Crippen molar-refractivity contribution in [1.82, 2.24) is 4.90 Å². The second-order valence-electron chi connectivity index (χ2n) is 7.43. The van der Waals surface area contributed by atoms with Crippen LogP contribution in [0.1, 0.15) is 18.4 Å². The van der Waals surface area contributed by atoms with E-state index in [1.165, 1.54) is 0 Å². The molecule has 2 fully saturated rings. The standard InChI is InChI=1S/C21H24N2O3S/c1-17-7-9-19(10-8-17)27(25,26)21(11-12-21)20(24)23-15-13-22(14-16-23)18-5-3-2-4-6-18/h2-10H,11-16H2,1H3. The van der Waals surface area contributed by atoms with Crippen LogP contribution in [0.4, 0.5) is 5.69 Å². The molecule has 1 saturated carbocycles. The van der Waals surface area contributed by atoms with E-state index in [0.29, 0.717) is 25.9 Å². The van der Waals surface area contributed by atoms with Crippen molar-refractivity contribution in [2.75, 3.05) is 31.1 Å². The van der Waals surface area contributed by atoms with E-state index in [1.54, 1.807) is 29.2 Å². The molecule has 2 aromatic carbocycles. The molecule has 6 heteroatoms. The highest BCUT2D eigenvalue weighted by molar-refractivity contribution is 7.94. The molecule has 4 rings (SSSR count). The maximum atomic E-state index is 13.1. The number of carbonyl (C=O) groups is 1. The van der Waals surface area contributed by atoms with Crippen LogP contribution in [0.5, 0.6) is 0 Å². The van der Waals surface area contributed by atoms with Crippen molar-refractivity contribution in [3.63, 3.8) is 0 Å². The van der Waals surface area contributed by atoms with Crippen LogP contribution in [0.25, 0.3) is 0 Å². The fourth-order valence-corrected chi connectivity index (χ4v) is 5.69. The molecule has 0 aromatic heterocycles. The number of anilines is 1. The molecule has 0 spiro atoms. The number of rotatable bonds is 4. The number of aryl methyl sites for hydroxylation is 1. The van der Waals surface area contributed by atoms with Crippen LogP contribution in [0.2, 0.25) is 0 Å². The average molecular weight is 385 g/mol. The number of benzene rings is 2. The summed E-state index contributed by atoms with van der Waals surface area (Å²) in [4.78, 5) is 17.4. The minimum absolute atomic E-state index is 0.226. The first kappa shape index (κ1) is 18.0. The van der Waals surface area contributed by atoms with E-state index in [0.717, 1.165) is 24.3 Å². The molecule has 1 saturated heterocycles. The van der Waals surface area contributed by atoms with E-state index in [2.05, 4.69) is 17.0 Å². The number of carbonyl (C=O) groups excluding carboxylic acids is 1. The summed E-state index contributed by atoms with van der Waals surface area (Å²) in [6.07, 6.45) is 0.835. The van der Waals surface area contributed by atoms with Gasteiger partial charge in [-0.05, 0) is 44.0 Å². The molecule has 0 atom stereocenters. The first-order valence-corrected chi connectivity index (χ1v) is 10.8. The van der Waals surface area contributed by atoms with Crippen LogP contribution in [0.3, 0.4) is 0 Å². The number of nitrogens with zero attached hydrogens (tertiary/aromatic N) is 2. The van der Waals surface area contributed by atoms with Gasteiger partial charge in [0, 0.05) is 31.9 Å². The maximum Gasteiger partial charge on any atom is 0.244 e. The van der Waals surface area contributed by atoms with E-state index in [-0.39, 0.29) is 10.8 Å². The number of sulfone groups is 1. The number of piperazine rings is 1. The first-order chi connectivity index (χ1) is 12.9. The third-order valence-electron chi connectivity index (χ3n) is 5.63. The molecule has 27 heavy (non-hydrogen) atoms. The fraction of sp³-hybridized carbons (Fsp3) is 0.381. The van der Waals surface area contributed by atoms with Crippen molar-refractivity contribution < 1.29 is 13.2 Å². The lowest BCUT2D eigenvalue weighted by Gasteiger charge is -2.37. The molecular formula is C21H24N2O3S. The van der Waals surface area contributed by atoms with Crippen molar-refractivity contribution in [2.24, 2.45) is 0 Å². The Balaban J connectivity index is 1.49. The zero-order valence-corrected chi connectivity index (χ0v) is 16.3. The largest absolute Gasteiger partial charge is 0.368 e. The molecule has 142 valence electrons. The highest BCUT2D eigenvalue weighted by Crippen LogP contribution is 2.48. The Morgan fingerprint density at radius 3 is 2.04 bits per heavy atom. The van der Waals surface area contributed by atoms with Crippen LogP contribution < -0.4 is 4.90 Å². The predicted molar refractivity (Wildman–Crippen MR) is 106 cm³/mol. The van der Waals surface area contributed by atoms with E-state index < -0.39 is 14.6 Å². The summed E-state index contributed by atoms with van der Waals surface area (Å²) in [5.74, 6) is -0.226. The van der Waals surface area contributed by atoms with Crippen LogP contribution >= 0.6 is 0 Å². The molecular weight excluding hydrogens is 360 g/mol. The molecule has 0 unspecified atom stereocenters. The summed E-state index contributed by atoms with van der Waals surface area (Å²) < 4.78 is 25.0. The summed E-state index contributed by atoms with van der Waals surface area (Å²) >= 11 is 0. The van der Waals surface area contributed by atoms with Gasteiger partial charge in [0.05, 0.1) is 4.90 Å². The number of hydrogen-bond donors (Lipinski definition) is 0. The van der Waals surface area contributed by atoms with Gasteiger partial charge in [0.1, 0.15) is 0 Å². The monoisotopic (exact) mass is 384 g/mol. The second-order valence-corrected chi connectivity index (χ2v) is 9.69. The minimum atomic E-state index is -3.66. The third-order valence-corrected chi connectivity index (χ3v) is 8.13. The third kappa shape index (κ3) is 3.12. The van der Waals surface area contributed by atoms with Crippen molar-refractivity contribution in [2.45, 2.75) is 29.4 Å². The zero-order chi connectivity index (χ0) is 19.1. The van der Waals surface area contributed by atoms with Crippen molar-refractivity contribution >= 4 is 21.4 Å². The molecule has 0 radical (unpaired) electrons. The summed E-state index contributed by atoms with van der Waals surface area (Å²) in [6, 6.07) is 16.9. The van der Waals surface area contributed by atoms with E-state index in [4.69, 9.17) is 0 Å². The van der Waals surface area contributed by atoms with E-state index in [1.807, 2.05) is 25.1 Å². The lowest BCUT2D eigenvalue weighted by molar-refractivity contribution is -0.131. The Kier molecular flexibility index (Phi) is 4.46. The summed E-state index contributed by atoms with van der Waals surface area (Å²) in [5.41, 5.74) is 2.14. The smallest absolute Gasteiger partial charge is 0.244 e. The topological polar surface area (TPSA) is 57.7 Å². The average Bonchev–Trinajstić information content (AvgIpc) is 3.51. The fourth-order valence-electron chi connectivity index (χ4n) is 3.75. The van der Waals surface area contributed by atoms with Gasteiger partial charge in [-0.15, -0.1) is 0 Å². The van der Waals surface area contributed by atoms with E-state index >= 15 is 0 Å². The summed E-state index contributed by atoms with van der Waals surface area (Å²) in [5, 5.41) is 0. The molecule has 2 aliphatic rings. The summed E-state index contributed by atoms with van der Waals surface area (Å²) in [6.45, 7) is 4.46. The van der Waals surface area contributed by atoms with Crippen molar-refractivity contribution in [1.29, 1.82) is 0 Å². The van der Waals surface area contributed by atoms with Crippen LogP contribution in [-0.4, -0.2) is 50.2 Å². The quantitative estimate of drug-likeness (QED) is 0.813. The second kappa shape index (κ2) is 6.68. The van der Waals surface area contributed by atoms with Gasteiger partial charge in [0.15, 0.2) is 14.6 Å². The molecule has 1 aliphatic heterocycles. The van der Waals surface area contributed by atoms with Crippen LogP contribution in [-0.2, 0) is 14.6 Å². The van der Waals surface area contributed by atoms with Crippen molar-refractivity contribution in [3.05, 3.63) is 60.2 Å². The Hall–Kier alpha value is -2.34. The van der Waals surface area contributed by atoms with Gasteiger partial charge in [-0.3, -0.25) is 4.79 Å². The molecule has 0 N–H and O–H groups in total. The zero-order valence-electron chi connectivity index (χ0n) is 15.5. The lowest BCUT2D eigenvalue weighted by Crippen LogP contribution is -2.53. The first-order valence-electron chi connectivity index (χ1n) is 9.35. The molecule has 1 amide bonds. The molecule has 2 aromatic rings. The van der Waals surface area contributed by atoms with Gasteiger partial charge >= 0.3 is 0 Å². The SMILES string of the molecule is Cc1ccc(S(=O)(=O)C2(C(=O)N3CCN(c4ccccc4)CC3)CC2)cc1. The Morgan fingerprint density at radius 2 is 1.48 bits per heavy atom. The molecule has 5 nitrogen and oxygen atoms in total. The Bertz CT molecular complexity index is 927. The molecule has 0 bridgehead atoms. The molecule has 1 aliphatic carbocycles. The summed E-state index contributed by atoms with van der Waals surface area (Å²) in [7, 11) is -3.66. The van der Waals surface area contributed by atoms with Gasteiger partial charge < -0.3 is 9.80 Å². The van der Waals surface area contributed by atoms with Crippen LogP contribution in [0, 0.1) is 6.92 Å². The van der Waals surface area contributed by atoms with E-state index in [9.17, 15) is 13.2 Å². The lowest BCUT2D eigenvalue weighted by atomic mass is 10.2. The minimum Gasteiger partial charge on any atom is -0.368 e. The Morgan fingerprint density at radius 1 is 0.889 bits per heavy atom. The predicted octanol–water partition coefficient (Wildman–Crippen LogP) is 2.65. The maximum absolute atomic E-state index is 13.1. The normalized spacial score (nSPS) is 19.0. The van der Waals surface area contributed by atoms with Gasteiger partial charge in [-0.2, -0.15) is 0 Å². The van der Waals surface area contributed by atoms with Gasteiger partial charge in [0.25, 0.3) is 0 Å². The number of hydrogen-bond acceptors (Lipinski definition) is 4. The Labute approximate surface area is 160 Å². The number of amides is 1. The highest BCUT2D eigenvalue weighted by Gasteiger charge is 2.62.